The van der Waals surface area contributed by atoms with Gasteiger partial charge in [-0.3, -0.25) is 4.79 Å². The number of carbonyl (C=O) groups is 1. The first-order valence-electron chi connectivity index (χ1n) is 5.60. The number of aliphatic imine (C=N–C) groups is 1. The number of hydrogen-bond donors (Lipinski definition) is 0. The van der Waals surface area contributed by atoms with Gasteiger partial charge in [-0.1, -0.05) is 0 Å². The van der Waals surface area contributed by atoms with Crippen LogP contribution in [0.25, 0.3) is 5.76 Å². The maximum atomic E-state index is 11.6. The van der Waals surface area contributed by atoms with E-state index in [-0.39, 0.29) is 11.8 Å². The normalized spacial score (nSPS) is 20.9. The van der Waals surface area contributed by atoms with Crippen LogP contribution in [0.5, 0.6) is 5.75 Å². The number of dihydropyridines is 1. The molecule has 0 N–H and O–H groups in total. The molecule has 0 aliphatic carbocycles. The Kier molecular flexibility index (Phi) is 2.48. The summed E-state index contributed by atoms with van der Waals surface area (Å²) in [5, 5.41) is 0. The molecule has 1 amide bonds. The van der Waals surface area contributed by atoms with Crippen LogP contribution < -0.4 is 4.74 Å². The average Bonchev–Trinajstić information content (AvgIpc) is 2.84. The number of amides is 1. The van der Waals surface area contributed by atoms with Crippen molar-refractivity contribution >= 4 is 17.9 Å². The summed E-state index contributed by atoms with van der Waals surface area (Å²) in [4.78, 5) is 15.3. The van der Waals surface area contributed by atoms with Gasteiger partial charge in [0.25, 0.3) is 5.91 Å². The number of hydrogen-bond acceptors (Lipinski definition) is 3. The summed E-state index contributed by atoms with van der Waals surface area (Å²) in [5.74, 6) is 1.56. The van der Waals surface area contributed by atoms with Gasteiger partial charge in [0, 0.05) is 11.8 Å². The molecular formula is C14H11NO3. The van der Waals surface area contributed by atoms with Gasteiger partial charge >= 0.3 is 0 Å². The lowest BCUT2D eigenvalue weighted by atomic mass is 10.0. The van der Waals surface area contributed by atoms with E-state index in [1.165, 1.54) is 6.21 Å². The Morgan fingerprint density at radius 2 is 2.06 bits per heavy atom. The van der Waals surface area contributed by atoms with Gasteiger partial charge in [-0.2, -0.15) is 0 Å². The van der Waals surface area contributed by atoms with E-state index in [0.29, 0.717) is 11.5 Å². The molecule has 2 aliphatic heterocycles. The maximum absolute atomic E-state index is 11.6. The van der Waals surface area contributed by atoms with Crippen molar-refractivity contribution in [2.45, 2.75) is 0 Å². The molecule has 1 atom stereocenters. The third-order valence-corrected chi connectivity index (χ3v) is 2.93. The summed E-state index contributed by atoms with van der Waals surface area (Å²) in [6, 6.07) is 7.50. The molecule has 1 unspecified atom stereocenters. The van der Waals surface area contributed by atoms with Gasteiger partial charge in [-0.25, -0.2) is 4.99 Å². The second kappa shape index (κ2) is 4.14. The smallest absolute Gasteiger partial charge is 0.260 e. The van der Waals surface area contributed by atoms with E-state index in [1.807, 2.05) is 24.3 Å². The molecule has 0 saturated carbocycles. The fourth-order valence-corrected chi connectivity index (χ4v) is 1.96. The molecule has 2 aliphatic rings. The molecule has 18 heavy (non-hydrogen) atoms. The van der Waals surface area contributed by atoms with Crippen LogP contribution in [-0.2, 0) is 9.53 Å². The van der Waals surface area contributed by atoms with Gasteiger partial charge in [0.2, 0.25) is 0 Å². The maximum Gasteiger partial charge on any atom is 0.260 e. The number of ether oxygens (including phenoxy) is 2. The number of benzene rings is 1. The van der Waals surface area contributed by atoms with Crippen molar-refractivity contribution in [3.8, 4) is 5.75 Å². The fraction of sp³-hybridized carbons (Fsp3) is 0.143. The van der Waals surface area contributed by atoms with Crippen LogP contribution in [0.15, 0.2) is 47.2 Å². The highest BCUT2D eigenvalue weighted by Gasteiger charge is 2.31. The number of allylic oxidation sites excluding steroid dienone is 1. The summed E-state index contributed by atoms with van der Waals surface area (Å²) >= 11 is 0. The lowest BCUT2D eigenvalue weighted by Gasteiger charge is -2.09. The Morgan fingerprint density at radius 1 is 1.28 bits per heavy atom. The SMILES string of the molecule is COc1ccc(C2=CC3C(=O)N=CC=C3O2)cc1. The number of rotatable bonds is 2. The van der Waals surface area contributed by atoms with Crippen LogP contribution in [0.4, 0.5) is 0 Å². The Hall–Kier alpha value is -2.36. The first-order valence-corrected chi connectivity index (χ1v) is 5.60. The first kappa shape index (κ1) is 10.8. The minimum Gasteiger partial charge on any atom is -0.497 e. The van der Waals surface area contributed by atoms with Crippen molar-refractivity contribution in [3.05, 3.63) is 47.7 Å². The van der Waals surface area contributed by atoms with Crippen LogP contribution in [-0.4, -0.2) is 19.2 Å². The van der Waals surface area contributed by atoms with Crippen molar-refractivity contribution in [2.24, 2.45) is 10.9 Å². The average molecular weight is 241 g/mol. The Morgan fingerprint density at radius 3 is 2.72 bits per heavy atom. The summed E-state index contributed by atoms with van der Waals surface area (Å²) < 4.78 is 10.8. The predicted molar refractivity (Wildman–Crippen MR) is 67.1 cm³/mol. The van der Waals surface area contributed by atoms with Gasteiger partial charge in [0.1, 0.15) is 23.2 Å². The second-order valence-electron chi connectivity index (χ2n) is 4.02. The fourth-order valence-electron chi connectivity index (χ4n) is 1.96. The largest absolute Gasteiger partial charge is 0.497 e. The quantitative estimate of drug-likeness (QED) is 0.797. The highest BCUT2D eigenvalue weighted by Crippen LogP contribution is 2.35. The van der Waals surface area contributed by atoms with Gasteiger partial charge in [-0.15, -0.1) is 0 Å². The lowest BCUT2D eigenvalue weighted by molar-refractivity contribution is -0.119. The van der Waals surface area contributed by atoms with Gasteiger partial charge in [-0.05, 0) is 36.4 Å². The van der Waals surface area contributed by atoms with Crippen molar-refractivity contribution in [2.75, 3.05) is 7.11 Å². The zero-order chi connectivity index (χ0) is 12.5. The standard InChI is InChI=1S/C14H11NO3/c1-17-10-4-2-9(3-5-10)13-8-11-12(18-13)6-7-15-14(11)16/h2-8,11H,1H3. The predicted octanol–water partition coefficient (Wildman–Crippen LogP) is 2.18. The molecule has 4 heteroatoms. The molecule has 90 valence electrons. The highest BCUT2D eigenvalue weighted by molar-refractivity contribution is 5.98. The van der Waals surface area contributed by atoms with Crippen molar-refractivity contribution in [1.82, 2.24) is 0 Å². The number of carbonyl (C=O) groups excluding carboxylic acids is 1. The molecule has 3 rings (SSSR count). The third-order valence-electron chi connectivity index (χ3n) is 2.93. The van der Waals surface area contributed by atoms with Crippen LogP contribution in [0, 0.1) is 5.92 Å². The molecule has 0 spiro atoms. The van der Waals surface area contributed by atoms with Crippen molar-refractivity contribution in [3.63, 3.8) is 0 Å². The number of nitrogens with zero attached hydrogens (tertiary/aromatic N) is 1. The van der Waals surface area contributed by atoms with E-state index in [2.05, 4.69) is 4.99 Å². The Balaban J connectivity index is 1.90. The van der Waals surface area contributed by atoms with E-state index in [4.69, 9.17) is 9.47 Å². The van der Waals surface area contributed by atoms with Crippen LogP contribution in [0.1, 0.15) is 5.56 Å². The lowest BCUT2D eigenvalue weighted by Crippen LogP contribution is -2.13. The van der Waals surface area contributed by atoms with E-state index in [9.17, 15) is 4.79 Å². The molecule has 0 aromatic heterocycles. The van der Waals surface area contributed by atoms with Gasteiger partial charge in [0.05, 0.1) is 7.11 Å². The second-order valence-corrected chi connectivity index (χ2v) is 4.02. The zero-order valence-electron chi connectivity index (χ0n) is 9.79. The minimum absolute atomic E-state index is 0.184. The van der Waals surface area contributed by atoms with E-state index in [1.54, 1.807) is 19.3 Å². The summed E-state index contributed by atoms with van der Waals surface area (Å²) in [7, 11) is 1.62. The van der Waals surface area contributed by atoms with Gasteiger partial charge < -0.3 is 9.47 Å². The molecule has 1 aromatic carbocycles. The molecule has 0 saturated heterocycles. The minimum atomic E-state index is -0.368. The third kappa shape index (κ3) is 1.72. The molecule has 4 nitrogen and oxygen atoms in total. The first-order chi connectivity index (χ1) is 8.78. The molecule has 0 fully saturated rings. The molecule has 0 bridgehead atoms. The Labute approximate surface area is 104 Å². The van der Waals surface area contributed by atoms with Crippen LogP contribution >= 0.6 is 0 Å². The monoisotopic (exact) mass is 241 g/mol. The summed E-state index contributed by atoms with van der Waals surface area (Å²) in [6.45, 7) is 0. The molecule has 0 radical (unpaired) electrons. The van der Waals surface area contributed by atoms with Crippen molar-refractivity contribution in [1.29, 1.82) is 0 Å². The molecule has 1 aromatic rings. The van der Waals surface area contributed by atoms with E-state index in [0.717, 1.165) is 11.3 Å². The number of fused-ring (bicyclic) bond motifs is 1. The number of methoxy groups -OCH3 is 1. The van der Waals surface area contributed by atoms with Gasteiger partial charge in [0.15, 0.2) is 0 Å². The Bertz CT molecular complexity index is 582. The van der Waals surface area contributed by atoms with Crippen LogP contribution in [0.2, 0.25) is 0 Å². The highest BCUT2D eigenvalue weighted by atomic mass is 16.5. The van der Waals surface area contributed by atoms with Crippen molar-refractivity contribution < 1.29 is 14.3 Å². The zero-order valence-corrected chi connectivity index (χ0v) is 9.79. The van der Waals surface area contributed by atoms with Crippen LogP contribution in [0.3, 0.4) is 0 Å². The van der Waals surface area contributed by atoms with E-state index >= 15 is 0 Å². The molecule has 2 heterocycles. The topological polar surface area (TPSA) is 47.9 Å². The molecular weight excluding hydrogens is 230 g/mol. The summed E-state index contributed by atoms with van der Waals surface area (Å²) in [5.41, 5.74) is 0.916. The summed E-state index contributed by atoms with van der Waals surface area (Å²) in [6.07, 6.45) is 4.99. The van der Waals surface area contributed by atoms with E-state index < -0.39 is 0 Å².